The molecule has 0 aliphatic carbocycles. The quantitative estimate of drug-likeness (QED) is 0.507. The first-order chi connectivity index (χ1) is 15.2. The van der Waals surface area contributed by atoms with Crippen LogP contribution < -0.4 is 4.74 Å². The second-order valence-corrected chi connectivity index (χ2v) is 6.79. The minimum atomic E-state index is -0.220. The minimum Gasteiger partial charge on any atom is -0.508 e. The van der Waals surface area contributed by atoms with Gasteiger partial charge in [0.15, 0.2) is 11.6 Å². The van der Waals surface area contributed by atoms with Crippen LogP contribution in [0.3, 0.4) is 0 Å². The smallest absolute Gasteiger partial charge is 0.163 e. The molecule has 0 spiro atoms. The van der Waals surface area contributed by atoms with E-state index in [4.69, 9.17) is 20.2 Å². The van der Waals surface area contributed by atoms with E-state index in [0.717, 1.165) is 28.5 Å². The van der Waals surface area contributed by atoms with Gasteiger partial charge in [-0.05, 0) is 62.2 Å². The van der Waals surface area contributed by atoms with Gasteiger partial charge in [0.05, 0.1) is 11.6 Å². The van der Waals surface area contributed by atoms with Crippen molar-refractivity contribution in [2.24, 2.45) is 0 Å². The summed E-state index contributed by atoms with van der Waals surface area (Å²) in [6.45, 7) is 6.82. The van der Waals surface area contributed by atoms with Gasteiger partial charge in [-0.15, -0.1) is 0 Å². The maximum Gasteiger partial charge on any atom is 0.163 e. The zero-order valence-corrected chi connectivity index (χ0v) is 18.6. The number of carbonyl (C=O) groups excluding carboxylic acids is 2. The van der Waals surface area contributed by atoms with E-state index in [1.807, 2.05) is 55.5 Å². The number of ketones is 2. The summed E-state index contributed by atoms with van der Waals surface area (Å²) in [6, 6.07) is 21.2. The average molecular weight is 434 g/mol. The molecule has 0 fully saturated rings. The van der Waals surface area contributed by atoms with Crippen molar-refractivity contribution in [2.45, 2.75) is 34.3 Å². The Labute approximate surface area is 188 Å². The number of aryl methyl sites for hydroxylation is 1. The fourth-order valence-corrected chi connectivity index (χ4v) is 2.68. The van der Waals surface area contributed by atoms with E-state index in [2.05, 4.69) is 0 Å². The first-order valence-electron chi connectivity index (χ1n) is 9.81. The van der Waals surface area contributed by atoms with E-state index in [-0.39, 0.29) is 28.6 Å². The van der Waals surface area contributed by atoms with Crippen LogP contribution >= 0.6 is 0 Å². The summed E-state index contributed by atoms with van der Waals surface area (Å²) in [6.07, 6.45) is 0. The van der Waals surface area contributed by atoms with Crippen molar-refractivity contribution < 1.29 is 24.5 Å². The van der Waals surface area contributed by atoms with E-state index in [1.165, 1.54) is 26.0 Å². The van der Waals surface area contributed by atoms with Crippen molar-refractivity contribution in [1.29, 1.82) is 5.26 Å². The second kappa shape index (κ2) is 13.2. The number of carbonyl (C=O) groups is 2. The SMILES string of the molecule is CC#N.CC(=O)c1ccc(O)cc1O.CC(=O)c1ccc(OCc2ccccc2)cc1C. The van der Waals surface area contributed by atoms with Gasteiger partial charge in [-0.25, -0.2) is 0 Å². The van der Waals surface area contributed by atoms with Gasteiger partial charge in [0.2, 0.25) is 0 Å². The Bertz CT molecular complexity index is 1090. The van der Waals surface area contributed by atoms with Crippen LogP contribution in [0, 0.1) is 18.3 Å². The number of Topliss-reactive ketones (excluding diaryl/α,β-unsaturated/α-hetero) is 2. The topological polar surface area (TPSA) is 108 Å². The highest BCUT2D eigenvalue weighted by Crippen LogP contribution is 2.22. The number of nitrogens with zero attached hydrogens (tertiary/aromatic N) is 1. The van der Waals surface area contributed by atoms with Crippen LogP contribution in [0.25, 0.3) is 0 Å². The fourth-order valence-electron chi connectivity index (χ4n) is 2.68. The summed E-state index contributed by atoms with van der Waals surface area (Å²) in [5.74, 6) is 0.427. The molecule has 0 aliphatic rings. The highest BCUT2D eigenvalue weighted by Gasteiger charge is 2.06. The molecule has 3 aromatic carbocycles. The lowest BCUT2D eigenvalue weighted by molar-refractivity contribution is 0.100. The van der Waals surface area contributed by atoms with Crippen molar-refractivity contribution in [3.63, 3.8) is 0 Å². The molecule has 0 radical (unpaired) electrons. The van der Waals surface area contributed by atoms with Crippen molar-refractivity contribution in [2.75, 3.05) is 0 Å². The average Bonchev–Trinajstić information content (AvgIpc) is 2.73. The van der Waals surface area contributed by atoms with Gasteiger partial charge in [0.1, 0.15) is 23.9 Å². The molecule has 3 aromatic rings. The van der Waals surface area contributed by atoms with Crippen molar-refractivity contribution >= 4 is 11.6 Å². The van der Waals surface area contributed by atoms with Gasteiger partial charge >= 0.3 is 0 Å². The molecule has 166 valence electrons. The summed E-state index contributed by atoms with van der Waals surface area (Å²) in [7, 11) is 0. The van der Waals surface area contributed by atoms with Crippen molar-refractivity contribution in [3.05, 3.63) is 89.0 Å². The monoisotopic (exact) mass is 433 g/mol. The minimum absolute atomic E-state index is 0.0486. The number of aromatic hydroxyl groups is 2. The molecule has 6 heteroatoms. The fraction of sp³-hybridized carbons (Fsp3) is 0.192. The molecule has 0 saturated carbocycles. The third-order valence-electron chi connectivity index (χ3n) is 4.19. The molecule has 0 amide bonds. The Morgan fingerprint density at radius 1 is 0.906 bits per heavy atom. The van der Waals surface area contributed by atoms with Gasteiger partial charge < -0.3 is 14.9 Å². The van der Waals surface area contributed by atoms with E-state index in [1.54, 1.807) is 13.0 Å². The number of phenolic OH excluding ortho intramolecular Hbond substituents is 2. The highest BCUT2D eigenvalue weighted by atomic mass is 16.5. The summed E-state index contributed by atoms with van der Waals surface area (Å²) >= 11 is 0. The first-order valence-corrected chi connectivity index (χ1v) is 9.81. The predicted octanol–water partition coefficient (Wildman–Crippen LogP) is 5.61. The number of nitriles is 1. The number of benzene rings is 3. The van der Waals surface area contributed by atoms with E-state index in [9.17, 15) is 9.59 Å². The zero-order valence-electron chi connectivity index (χ0n) is 18.6. The second-order valence-electron chi connectivity index (χ2n) is 6.79. The molecule has 0 unspecified atom stereocenters. The van der Waals surface area contributed by atoms with Crippen molar-refractivity contribution in [1.82, 2.24) is 0 Å². The lowest BCUT2D eigenvalue weighted by Crippen LogP contribution is -1.99. The lowest BCUT2D eigenvalue weighted by atomic mass is 10.1. The molecule has 2 N–H and O–H groups in total. The zero-order chi connectivity index (χ0) is 24.1. The van der Waals surface area contributed by atoms with E-state index in [0.29, 0.717) is 6.61 Å². The van der Waals surface area contributed by atoms with Crippen LogP contribution in [0.1, 0.15) is 52.6 Å². The van der Waals surface area contributed by atoms with Gasteiger partial charge in [0, 0.05) is 18.6 Å². The largest absolute Gasteiger partial charge is 0.508 e. The Kier molecular flexibility index (Phi) is 10.7. The summed E-state index contributed by atoms with van der Waals surface area (Å²) in [5, 5.41) is 25.2. The molecule has 0 bridgehead atoms. The predicted molar refractivity (Wildman–Crippen MR) is 123 cm³/mol. The number of rotatable bonds is 5. The lowest BCUT2D eigenvalue weighted by Gasteiger charge is -2.08. The van der Waals surface area contributed by atoms with Gasteiger partial charge in [-0.1, -0.05) is 30.3 Å². The van der Waals surface area contributed by atoms with Crippen LogP contribution in [0.2, 0.25) is 0 Å². The van der Waals surface area contributed by atoms with Gasteiger partial charge in [-0.2, -0.15) is 5.26 Å². The van der Waals surface area contributed by atoms with Crippen molar-refractivity contribution in [3.8, 4) is 23.3 Å². The number of hydrogen-bond acceptors (Lipinski definition) is 6. The van der Waals surface area contributed by atoms with Gasteiger partial charge in [0.25, 0.3) is 0 Å². The van der Waals surface area contributed by atoms with E-state index >= 15 is 0 Å². The third kappa shape index (κ3) is 8.72. The molecule has 6 nitrogen and oxygen atoms in total. The standard InChI is InChI=1S/C16H16O2.C8H8O3.C2H3N/c1-12-10-15(8-9-16(12)13(2)17)18-11-14-6-4-3-5-7-14;1-5(9)7-3-2-6(10)4-8(7)11;1-2-3/h3-10H,11H2,1-2H3;2-4,10-11H,1H3;1H3. The Morgan fingerprint density at radius 3 is 1.97 bits per heavy atom. The first kappa shape index (κ1) is 25.9. The summed E-state index contributed by atoms with van der Waals surface area (Å²) in [4.78, 5) is 22.1. The Hall–Kier alpha value is -4.11. The molecular formula is C26H27NO5. The summed E-state index contributed by atoms with van der Waals surface area (Å²) in [5.41, 5.74) is 3.06. The van der Waals surface area contributed by atoms with Crippen LogP contribution in [-0.2, 0) is 6.61 Å². The third-order valence-corrected chi connectivity index (χ3v) is 4.19. The van der Waals surface area contributed by atoms with Gasteiger partial charge in [-0.3, -0.25) is 9.59 Å². The molecule has 0 atom stereocenters. The van der Waals surface area contributed by atoms with Crippen LogP contribution in [0.5, 0.6) is 17.2 Å². The number of ether oxygens (including phenoxy) is 1. The van der Waals surface area contributed by atoms with Crippen LogP contribution in [0.15, 0.2) is 66.7 Å². The van der Waals surface area contributed by atoms with Crippen LogP contribution in [-0.4, -0.2) is 21.8 Å². The molecule has 0 aromatic heterocycles. The van der Waals surface area contributed by atoms with Crippen LogP contribution in [0.4, 0.5) is 0 Å². The Balaban J connectivity index is 0.000000312. The molecular weight excluding hydrogens is 406 g/mol. The maximum atomic E-state index is 11.3. The normalized spacial score (nSPS) is 9.22. The summed E-state index contributed by atoms with van der Waals surface area (Å²) < 4.78 is 5.70. The molecule has 32 heavy (non-hydrogen) atoms. The highest BCUT2D eigenvalue weighted by molar-refractivity contribution is 5.97. The molecule has 0 heterocycles. The molecule has 0 aliphatic heterocycles. The molecule has 3 rings (SSSR count). The number of phenols is 2. The molecule has 0 saturated heterocycles. The van der Waals surface area contributed by atoms with E-state index < -0.39 is 0 Å². The maximum absolute atomic E-state index is 11.3. The Morgan fingerprint density at radius 2 is 1.47 bits per heavy atom. The number of hydrogen-bond donors (Lipinski definition) is 2.